The summed E-state index contributed by atoms with van der Waals surface area (Å²) in [5.41, 5.74) is -1.26. The molecule has 246 valence electrons. The standard InChI is InChI=1S/C31H47BrN4O8/c1-5-8-9-23(38)33-18-20(4)43-30(41)24-25-28(39)36(21(7-3)19-37)27(31(25)17-22(32)26(24)44-31)29(40)35(10-6-2)12-11-34-13-15-42-16-14-34/h5-6,20-22,24-27,37H,1-2,7-19H2,3-4H3,(H,33,38)/t20-,21-,22?,24-,25+,26-,27-,31+/m0/s1. The minimum atomic E-state index is -1.26. The van der Waals surface area contributed by atoms with Crippen LogP contribution < -0.4 is 5.32 Å². The van der Waals surface area contributed by atoms with Crippen LogP contribution in [0.2, 0.25) is 0 Å². The lowest BCUT2D eigenvalue weighted by molar-refractivity contribution is -0.160. The van der Waals surface area contributed by atoms with Crippen molar-refractivity contribution < 1.29 is 38.5 Å². The van der Waals surface area contributed by atoms with E-state index in [1.807, 2.05) is 6.92 Å². The molecule has 1 spiro atoms. The predicted molar refractivity (Wildman–Crippen MR) is 166 cm³/mol. The number of esters is 1. The maximum absolute atomic E-state index is 14.5. The Morgan fingerprint density at radius 3 is 2.64 bits per heavy atom. The summed E-state index contributed by atoms with van der Waals surface area (Å²) in [4.78, 5) is 59.7. The van der Waals surface area contributed by atoms with Gasteiger partial charge in [-0.2, -0.15) is 0 Å². The molecule has 4 saturated heterocycles. The topological polar surface area (TPSA) is 138 Å². The van der Waals surface area contributed by atoms with Gasteiger partial charge < -0.3 is 34.4 Å². The fourth-order valence-electron chi connectivity index (χ4n) is 7.03. The van der Waals surface area contributed by atoms with Crippen LogP contribution in [0.15, 0.2) is 25.3 Å². The minimum absolute atomic E-state index is 0.122. The number of hydrogen-bond donors (Lipinski definition) is 2. The monoisotopic (exact) mass is 682 g/mol. The van der Waals surface area contributed by atoms with Gasteiger partial charge in [0.2, 0.25) is 17.7 Å². The molecule has 2 N–H and O–H groups in total. The molecule has 0 saturated carbocycles. The molecule has 3 amide bonds. The van der Waals surface area contributed by atoms with Crippen molar-refractivity contribution in [3.63, 3.8) is 0 Å². The molecule has 4 aliphatic heterocycles. The highest BCUT2D eigenvalue weighted by Gasteiger charge is 2.77. The zero-order valence-corrected chi connectivity index (χ0v) is 27.4. The van der Waals surface area contributed by atoms with E-state index in [0.29, 0.717) is 45.6 Å². The Labute approximate surface area is 268 Å². The van der Waals surface area contributed by atoms with E-state index < -0.39 is 47.7 Å². The van der Waals surface area contributed by atoms with Crippen LogP contribution in [0, 0.1) is 11.8 Å². The van der Waals surface area contributed by atoms with E-state index in [1.165, 1.54) is 4.90 Å². The van der Waals surface area contributed by atoms with Gasteiger partial charge in [0.1, 0.15) is 17.7 Å². The smallest absolute Gasteiger partial charge is 0.312 e. The third-order valence-electron chi connectivity index (χ3n) is 9.24. The van der Waals surface area contributed by atoms with Crippen molar-refractivity contribution in [2.24, 2.45) is 11.8 Å². The lowest BCUT2D eigenvalue weighted by Gasteiger charge is -2.39. The van der Waals surface area contributed by atoms with Gasteiger partial charge in [-0.1, -0.05) is 35.0 Å². The SMILES string of the molecule is C=CCCC(=O)NC[C@H](C)OC(=O)[C@@H]1[C@H]2O[C@@]3(CC2Br)[C@H](C(=O)N(CC=C)CCN2CCOCC2)N([C@@H](CC)CO)C(=O)[C@@H]13. The molecule has 0 aromatic carbocycles. The molecular weight excluding hydrogens is 636 g/mol. The van der Waals surface area contributed by atoms with Crippen molar-refractivity contribution in [3.05, 3.63) is 25.3 Å². The number of halogens is 1. The summed E-state index contributed by atoms with van der Waals surface area (Å²) in [5.74, 6) is -3.34. The summed E-state index contributed by atoms with van der Waals surface area (Å²) >= 11 is 3.68. The molecule has 0 aromatic rings. The van der Waals surface area contributed by atoms with Crippen molar-refractivity contribution in [1.29, 1.82) is 0 Å². The molecule has 2 bridgehead atoms. The van der Waals surface area contributed by atoms with Gasteiger partial charge in [0.15, 0.2) is 0 Å². The summed E-state index contributed by atoms with van der Waals surface area (Å²) in [6, 6.07) is -1.65. The molecule has 8 atom stereocenters. The number of rotatable bonds is 16. The number of alkyl halides is 1. The number of aliphatic hydroxyl groups is 1. The number of morpholine rings is 1. The number of nitrogens with one attached hydrogen (secondary N) is 1. The quantitative estimate of drug-likeness (QED) is 0.138. The second-order valence-electron chi connectivity index (χ2n) is 12.1. The van der Waals surface area contributed by atoms with Gasteiger partial charge in [-0.3, -0.25) is 24.1 Å². The normalized spacial score (nSPS) is 30.9. The Morgan fingerprint density at radius 1 is 1.27 bits per heavy atom. The van der Waals surface area contributed by atoms with E-state index in [-0.39, 0.29) is 48.7 Å². The summed E-state index contributed by atoms with van der Waals surface area (Å²) < 4.78 is 17.8. The highest BCUT2D eigenvalue weighted by Crippen LogP contribution is 2.60. The number of nitrogens with zero attached hydrogens (tertiary/aromatic N) is 3. The third kappa shape index (κ3) is 6.91. The van der Waals surface area contributed by atoms with Gasteiger partial charge in [0.05, 0.1) is 50.3 Å². The number of aliphatic hydroxyl groups excluding tert-OH is 1. The van der Waals surface area contributed by atoms with Crippen LogP contribution in [0.3, 0.4) is 0 Å². The molecule has 4 rings (SSSR count). The van der Waals surface area contributed by atoms with Gasteiger partial charge in [-0.15, -0.1) is 13.2 Å². The summed E-state index contributed by atoms with van der Waals surface area (Å²) in [6.45, 7) is 14.9. The maximum Gasteiger partial charge on any atom is 0.312 e. The van der Waals surface area contributed by atoms with Crippen LogP contribution in [0.25, 0.3) is 0 Å². The van der Waals surface area contributed by atoms with Crippen LogP contribution in [-0.2, 0) is 33.4 Å². The van der Waals surface area contributed by atoms with Gasteiger partial charge in [0, 0.05) is 44.0 Å². The van der Waals surface area contributed by atoms with E-state index in [9.17, 15) is 24.3 Å². The first-order valence-electron chi connectivity index (χ1n) is 15.7. The number of amides is 3. The van der Waals surface area contributed by atoms with E-state index in [1.54, 1.807) is 24.0 Å². The van der Waals surface area contributed by atoms with Crippen molar-refractivity contribution in [3.8, 4) is 0 Å². The Kier molecular flexibility index (Phi) is 12.0. The molecular formula is C31H47BrN4O8. The molecule has 4 heterocycles. The molecule has 13 heteroatoms. The molecule has 0 aliphatic carbocycles. The van der Waals surface area contributed by atoms with Crippen molar-refractivity contribution in [2.45, 2.75) is 74.3 Å². The Morgan fingerprint density at radius 2 is 2.00 bits per heavy atom. The van der Waals surface area contributed by atoms with Crippen LogP contribution >= 0.6 is 15.9 Å². The van der Waals surface area contributed by atoms with Crippen LogP contribution in [0.5, 0.6) is 0 Å². The lowest BCUT2D eigenvalue weighted by atomic mass is 9.70. The molecule has 4 aliphatic rings. The first-order valence-corrected chi connectivity index (χ1v) is 16.6. The number of carbonyl (C=O) groups excluding carboxylic acids is 4. The van der Waals surface area contributed by atoms with Crippen LogP contribution in [0.4, 0.5) is 0 Å². The van der Waals surface area contributed by atoms with Crippen molar-refractivity contribution in [2.75, 3.05) is 59.1 Å². The first kappa shape index (κ1) is 34.6. The van der Waals surface area contributed by atoms with E-state index in [2.05, 4.69) is 39.3 Å². The van der Waals surface area contributed by atoms with Crippen LogP contribution in [0.1, 0.15) is 39.5 Å². The molecule has 12 nitrogen and oxygen atoms in total. The second-order valence-corrected chi connectivity index (χ2v) is 13.2. The Bertz CT molecular complexity index is 1080. The Hall–Kier alpha value is -2.32. The van der Waals surface area contributed by atoms with Gasteiger partial charge in [-0.25, -0.2) is 0 Å². The molecule has 44 heavy (non-hydrogen) atoms. The summed E-state index contributed by atoms with van der Waals surface area (Å²) in [7, 11) is 0. The number of likely N-dealkylation sites (tertiary alicyclic amines) is 1. The zero-order valence-electron chi connectivity index (χ0n) is 25.8. The van der Waals surface area contributed by atoms with Crippen molar-refractivity contribution >= 4 is 39.6 Å². The van der Waals surface area contributed by atoms with Gasteiger partial charge in [-0.05, 0) is 26.2 Å². The van der Waals surface area contributed by atoms with E-state index in [4.69, 9.17) is 14.2 Å². The summed E-state index contributed by atoms with van der Waals surface area (Å²) in [6.07, 6.45) is 3.61. The van der Waals surface area contributed by atoms with Crippen molar-refractivity contribution in [1.82, 2.24) is 20.0 Å². The van der Waals surface area contributed by atoms with Gasteiger partial charge in [0.25, 0.3) is 0 Å². The number of ether oxygens (including phenoxy) is 3. The minimum Gasteiger partial charge on any atom is -0.460 e. The highest BCUT2D eigenvalue weighted by molar-refractivity contribution is 9.09. The zero-order chi connectivity index (χ0) is 32.0. The average molecular weight is 684 g/mol. The number of allylic oxidation sites excluding steroid dienone is 1. The largest absolute Gasteiger partial charge is 0.460 e. The average Bonchev–Trinajstić information content (AvgIpc) is 3.61. The molecule has 0 aromatic heterocycles. The molecule has 4 fully saturated rings. The number of fused-ring (bicyclic) bond motifs is 1. The summed E-state index contributed by atoms with van der Waals surface area (Å²) in [5, 5.41) is 13.1. The lowest BCUT2D eigenvalue weighted by Crippen LogP contribution is -2.59. The predicted octanol–water partition coefficient (Wildman–Crippen LogP) is 0.866. The fraction of sp³-hybridized carbons (Fsp3) is 0.742. The number of carbonyl (C=O) groups is 4. The number of hydrogen-bond acceptors (Lipinski definition) is 9. The van der Waals surface area contributed by atoms with E-state index >= 15 is 0 Å². The molecule has 0 radical (unpaired) electrons. The van der Waals surface area contributed by atoms with Gasteiger partial charge >= 0.3 is 5.97 Å². The molecule has 1 unspecified atom stereocenters. The maximum atomic E-state index is 14.5. The fourth-order valence-corrected chi connectivity index (χ4v) is 7.97. The third-order valence-corrected chi connectivity index (χ3v) is 10.1. The van der Waals surface area contributed by atoms with Crippen LogP contribution in [-0.4, -0.2) is 137 Å². The highest BCUT2D eigenvalue weighted by atomic mass is 79.9. The van der Waals surface area contributed by atoms with E-state index in [0.717, 1.165) is 13.1 Å². The first-order chi connectivity index (χ1) is 21.1. The Balaban J connectivity index is 1.58. The second kappa shape index (κ2) is 15.3.